The van der Waals surface area contributed by atoms with Gasteiger partial charge in [-0.2, -0.15) is 0 Å². The van der Waals surface area contributed by atoms with Crippen molar-refractivity contribution in [1.82, 2.24) is 9.80 Å². The maximum atomic E-state index is 5.99. The smallest absolute Gasteiger partial charge is 0.191 e. The van der Waals surface area contributed by atoms with Gasteiger partial charge in [-0.15, -0.1) is 0 Å². The summed E-state index contributed by atoms with van der Waals surface area (Å²) in [6, 6.07) is 0.524. The lowest BCUT2D eigenvalue weighted by Crippen LogP contribution is -2.51. The van der Waals surface area contributed by atoms with E-state index in [-0.39, 0.29) is 0 Å². The second kappa shape index (κ2) is 4.84. The average molecular weight is 238 g/mol. The first-order valence-electron chi connectivity index (χ1n) is 6.76. The van der Waals surface area contributed by atoms with Crippen LogP contribution in [0.25, 0.3) is 0 Å². The highest BCUT2D eigenvalue weighted by Gasteiger charge is 2.35. The molecule has 1 atom stereocenters. The standard InChI is InChI=1S/C13H26N4/c1-13(2)6-4-7-16(3)11(13)10-15-12(14)17-8-5-9-17/h11H,4-10H2,1-3H3,(H2,14,15). The molecule has 0 aromatic carbocycles. The van der Waals surface area contributed by atoms with Crippen LogP contribution in [-0.2, 0) is 0 Å². The number of nitrogens with two attached hydrogens (primary N) is 1. The number of nitrogens with zero attached hydrogens (tertiary/aromatic N) is 3. The minimum Gasteiger partial charge on any atom is -0.370 e. The van der Waals surface area contributed by atoms with Gasteiger partial charge in [0.15, 0.2) is 5.96 Å². The van der Waals surface area contributed by atoms with Crippen molar-refractivity contribution in [3.8, 4) is 0 Å². The summed E-state index contributed by atoms with van der Waals surface area (Å²) in [7, 11) is 2.21. The van der Waals surface area contributed by atoms with Gasteiger partial charge >= 0.3 is 0 Å². The Morgan fingerprint density at radius 3 is 2.53 bits per heavy atom. The van der Waals surface area contributed by atoms with E-state index in [0.717, 1.165) is 25.6 Å². The lowest BCUT2D eigenvalue weighted by molar-refractivity contribution is 0.0643. The second-order valence-corrected chi connectivity index (χ2v) is 6.13. The lowest BCUT2D eigenvalue weighted by Gasteiger charge is -2.44. The van der Waals surface area contributed by atoms with Gasteiger partial charge in [-0.1, -0.05) is 13.8 Å². The molecule has 4 heteroatoms. The summed E-state index contributed by atoms with van der Waals surface area (Å²) in [4.78, 5) is 9.20. The average Bonchev–Trinajstić information content (AvgIpc) is 2.12. The van der Waals surface area contributed by atoms with Gasteiger partial charge in [-0.05, 0) is 38.3 Å². The van der Waals surface area contributed by atoms with Crippen LogP contribution in [-0.4, -0.2) is 55.0 Å². The number of rotatable bonds is 2. The molecular formula is C13H26N4. The first-order valence-corrected chi connectivity index (χ1v) is 6.76. The van der Waals surface area contributed by atoms with Crippen molar-refractivity contribution in [3.63, 3.8) is 0 Å². The summed E-state index contributed by atoms with van der Waals surface area (Å²) in [6.07, 6.45) is 3.84. The molecule has 0 aromatic heterocycles. The van der Waals surface area contributed by atoms with Crippen molar-refractivity contribution < 1.29 is 0 Å². The Hall–Kier alpha value is -0.770. The van der Waals surface area contributed by atoms with E-state index in [1.165, 1.54) is 25.8 Å². The molecule has 0 spiro atoms. The summed E-state index contributed by atoms with van der Waals surface area (Å²) < 4.78 is 0. The molecular weight excluding hydrogens is 212 g/mol. The van der Waals surface area contributed by atoms with E-state index < -0.39 is 0 Å². The number of hydrogen-bond donors (Lipinski definition) is 1. The Morgan fingerprint density at radius 2 is 2.00 bits per heavy atom. The highest BCUT2D eigenvalue weighted by Crippen LogP contribution is 2.34. The van der Waals surface area contributed by atoms with Crippen molar-refractivity contribution in [2.75, 3.05) is 33.2 Å². The summed E-state index contributed by atoms with van der Waals surface area (Å²) in [5.74, 6) is 0.742. The Bertz CT molecular complexity index is 294. The zero-order chi connectivity index (χ0) is 12.5. The zero-order valence-electron chi connectivity index (χ0n) is 11.4. The summed E-state index contributed by atoms with van der Waals surface area (Å²) in [5.41, 5.74) is 6.34. The van der Waals surface area contributed by atoms with E-state index in [2.05, 4.69) is 35.7 Å². The predicted octanol–water partition coefficient (Wildman–Crippen LogP) is 1.13. The number of likely N-dealkylation sites (N-methyl/N-ethyl adjacent to an activating group) is 1. The topological polar surface area (TPSA) is 44.9 Å². The largest absolute Gasteiger partial charge is 0.370 e. The number of piperidine rings is 1. The minimum absolute atomic E-state index is 0.353. The molecule has 2 N–H and O–H groups in total. The summed E-state index contributed by atoms with van der Waals surface area (Å²) in [5, 5.41) is 0. The molecule has 0 saturated carbocycles. The monoisotopic (exact) mass is 238 g/mol. The maximum Gasteiger partial charge on any atom is 0.191 e. The first-order chi connectivity index (χ1) is 8.00. The van der Waals surface area contributed by atoms with Crippen LogP contribution in [0.15, 0.2) is 4.99 Å². The Kier molecular flexibility index (Phi) is 3.61. The third-order valence-electron chi connectivity index (χ3n) is 4.37. The highest BCUT2D eigenvalue weighted by atomic mass is 15.3. The van der Waals surface area contributed by atoms with Gasteiger partial charge in [0.25, 0.3) is 0 Å². The van der Waals surface area contributed by atoms with E-state index in [1.807, 2.05) is 0 Å². The van der Waals surface area contributed by atoms with Gasteiger partial charge in [-0.25, -0.2) is 0 Å². The SMILES string of the molecule is CN1CCCC(C)(C)C1CN=C(N)N1CCC1. The minimum atomic E-state index is 0.353. The van der Waals surface area contributed by atoms with Crippen LogP contribution in [0, 0.1) is 5.41 Å². The van der Waals surface area contributed by atoms with Gasteiger partial charge in [-0.3, -0.25) is 4.99 Å². The van der Waals surface area contributed by atoms with Crippen LogP contribution in [0.2, 0.25) is 0 Å². The number of aliphatic imine (C=N–C) groups is 1. The molecule has 2 aliphatic rings. The molecule has 0 aliphatic carbocycles. The van der Waals surface area contributed by atoms with Gasteiger partial charge < -0.3 is 15.5 Å². The van der Waals surface area contributed by atoms with Gasteiger partial charge in [0.05, 0.1) is 6.54 Å². The van der Waals surface area contributed by atoms with Crippen LogP contribution in [0.3, 0.4) is 0 Å². The molecule has 2 aliphatic heterocycles. The van der Waals surface area contributed by atoms with E-state index in [1.54, 1.807) is 0 Å². The van der Waals surface area contributed by atoms with Crippen LogP contribution in [0.4, 0.5) is 0 Å². The predicted molar refractivity (Wildman–Crippen MR) is 72.1 cm³/mol. The van der Waals surface area contributed by atoms with Crippen LogP contribution < -0.4 is 5.73 Å². The van der Waals surface area contributed by atoms with Gasteiger partial charge in [0, 0.05) is 19.1 Å². The molecule has 98 valence electrons. The van der Waals surface area contributed by atoms with Gasteiger partial charge in [0.1, 0.15) is 0 Å². The van der Waals surface area contributed by atoms with Crippen molar-refractivity contribution in [3.05, 3.63) is 0 Å². The second-order valence-electron chi connectivity index (χ2n) is 6.13. The van der Waals surface area contributed by atoms with Crippen molar-refractivity contribution >= 4 is 5.96 Å². The molecule has 0 bridgehead atoms. The molecule has 17 heavy (non-hydrogen) atoms. The van der Waals surface area contributed by atoms with Crippen LogP contribution in [0.5, 0.6) is 0 Å². The molecule has 1 unspecified atom stereocenters. The summed E-state index contributed by atoms with van der Waals surface area (Å²) >= 11 is 0. The van der Waals surface area contributed by atoms with E-state index in [0.29, 0.717) is 11.5 Å². The maximum absolute atomic E-state index is 5.99. The summed E-state index contributed by atoms with van der Waals surface area (Å²) in [6.45, 7) is 8.89. The van der Waals surface area contributed by atoms with Crippen LogP contribution in [0.1, 0.15) is 33.1 Å². The van der Waals surface area contributed by atoms with E-state index in [4.69, 9.17) is 5.73 Å². The molecule has 2 heterocycles. The highest BCUT2D eigenvalue weighted by molar-refractivity contribution is 5.78. The first kappa shape index (κ1) is 12.7. The zero-order valence-corrected chi connectivity index (χ0v) is 11.4. The fourth-order valence-electron chi connectivity index (χ4n) is 2.91. The van der Waals surface area contributed by atoms with Crippen molar-refractivity contribution in [2.45, 2.75) is 39.2 Å². The number of likely N-dealkylation sites (tertiary alicyclic amines) is 2. The van der Waals surface area contributed by atoms with Gasteiger partial charge in [0.2, 0.25) is 0 Å². The van der Waals surface area contributed by atoms with E-state index >= 15 is 0 Å². The Balaban J connectivity index is 1.95. The van der Waals surface area contributed by atoms with Crippen molar-refractivity contribution in [1.29, 1.82) is 0 Å². The normalized spacial score (nSPS) is 30.2. The van der Waals surface area contributed by atoms with Crippen LogP contribution >= 0.6 is 0 Å². The molecule has 4 nitrogen and oxygen atoms in total. The fraction of sp³-hybridized carbons (Fsp3) is 0.923. The quantitative estimate of drug-likeness (QED) is 0.579. The number of guanidine groups is 1. The molecule has 0 aromatic rings. The third-order valence-corrected chi connectivity index (χ3v) is 4.37. The molecule has 2 saturated heterocycles. The third kappa shape index (κ3) is 2.73. The Morgan fingerprint density at radius 1 is 1.29 bits per heavy atom. The molecule has 0 radical (unpaired) electrons. The fourth-order valence-corrected chi connectivity index (χ4v) is 2.91. The van der Waals surface area contributed by atoms with E-state index in [9.17, 15) is 0 Å². The molecule has 0 amide bonds. The molecule has 2 fully saturated rings. The van der Waals surface area contributed by atoms with Crippen molar-refractivity contribution in [2.24, 2.45) is 16.1 Å². The Labute approximate surface area is 105 Å². The lowest BCUT2D eigenvalue weighted by atomic mass is 9.76. The number of hydrogen-bond acceptors (Lipinski definition) is 2. The molecule has 2 rings (SSSR count).